The Kier molecular flexibility index (Phi) is 4.47. The van der Waals surface area contributed by atoms with E-state index in [-0.39, 0.29) is 11.6 Å². The van der Waals surface area contributed by atoms with Crippen molar-refractivity contribution < 1.29 is 4.74 Å². The van der Waals surface area contributed by atoms with Gasteiger partial charge in [0.1, 0.15) is 0 Å². The molecule has 2 heterocycles. The first-order valence-corrected chi connectivity index (χ1v) is 7.53. The summed E-state index contributed by atoms with van der Waals surface area (Å²) in [6, 6.07) is 2.18. The predicted molar refractivity (Wildman–Crippen MR) is 74.0 cm³/mol. The standard InChI is InChI=1S/C13H20ClNOS/c1-3-15-12(11-10(14)6-9-17-11)13(2)7-4-5-8-16-13/h6,9,12,15H,3-5,7-8H2,1-2H3. The molecule has 2 unspecified atom stereocenters. The van der Waals surface area contributed by atoms with Crippen LogP contribution < -0.4 is 5.32 Å². The summed E-state index contributed by atoms with van der Waals surface area (Å²) in [4.78, 5) is 1.21. The molecule has 0 bridgehead atoms. The van der Waals surface area contributed by atoms with Crippen LogP contribution in [-0.4, -0.2) is 18.8 Å². The zero-order chi connectivity index (χ0) is 12.3. The van der Waals surface area contributed by atoms with Gasteiger partial charge in [-0.2, -0.15) is 0 Å². The van der Waals surface area contributed by atoms with Crippen LogP contribution >= 0.6 is 22.9 Å². The van der Waals surface area contributed by atoms with Crippen molar-refractivity contribution >= 4 is 22.9 Å². The third kappa shape index (κ3) is 2.84. The second-order valence-corrected chi connectivity index (χ2v) is 6.10. The van der Waals surface area contributed by atoms with Crippen LogP contribution in [0.25, 0.3) is 0 Å². The number of thiophene rings is 1. The maximum atomic E-state index is 6.27. The number of hydrogen-bond acceptors (Lipinski definition) is 3. The van der Waals surface area contributed by atoms with Crippen LogP contribution in [0.3, 0.4) is 0 Å². The minimum Gasteiger partial charge on any atom is -0.373 e. The summed E-state index contributed by atoms with van der Waals surface area (Å²) in [6.07, 6.45) is 3.51. The van der Waals surface area contributed by atoms with Crippen LogP contribution in [0.1, 0.15) is 44.0 Å². The fourth-order valence-corrected chi connectivity index (χ4v) is 3.87. The summed E-state index contributed by atoms with van der Waals surface area (Å²) in [7, 11) is 0. The molecule has 0 aliphatic carbocycles. The Hall–Kier alpha value is -0.0900. The van der Waals surface area contributed by atoms with E-state index in [4.69, 9.17) is 16.3 Å². The molecule has 1 fully saturated rings. The molecule has 4 heteroatoms. The van der Waals surface area contributed by atoms with E-state index in [1.54, 1.807) is 11.3 Å². The highest BCUT2D eigenvalue weighted by molar-refractivity contribution is 7.10. The third-order valence-corrected chi connectivity index (χ3v) is 4.85. The zero-order valence-electron chi connectivity index (χ0n) is 10.5. The van der Waals surface area contributed by atoms with Crippen LogP contribution in [0.15, 0.2) is 11.4 Å². The van der Waals surface area contributed by atoms with Gasteiger partial charge in [-0.15, -0.1) is 11.3 Å². The van der Waals surface area contributed by atoms with Crippen molar-refractivity contribution in [2.45, 2.75) is 44.8 Å². The zero-order valence-corrected chi connectivity index (χ0v) is 12.0. The molecule has 1 aromatic rings. The van der Waals surface area contributed by atoms with Gasteiger partial charge in [0, 0.05) is 11.5 Å². The number of nitrogens with one attached hydrogen (secondary N) is 1. The monoisotopic (exact) mass is 273 g/mol. The number of halogens is 1. The van der Waals surface area contributed by atoms with Gasteiger partial charge in [0.2, 0.25) is 0 Å². The van der Waals surface area contributed by atoms with Gasteiger partial charge in [0.15, 0.2) is 0 Å². The Balaban J connectivity index is 2.25. The highest BCUT2D eigenvalue weighted by atomic mass is 35.5. The molecule has 17 heavy (non-hydrogen) atoms. The van der Waals surface area contributed by atoms with Gasteiger partial charge in [-0.3, -0.25) is 0 Å². The molecule has 1 N–H and O–H groups in total. The summed E-state index contributed by atoms with van der Waals surface area (Å²) < 4.78 is 6.04. The first-order chi connectivity index (χ1) is 8.17. The SMILES string of the molecule is CCNC(c1sccc1Cl)C1(C)CCCCO1. The molecule has 0 spiro atoms. The lowest BCUT2D eigenvalue weighted by atomic mass is 9.87. The van der Waals surface area contributed by atoms with Crippen LogP contribution in [0, 0.1) is 0 Å². The smallest absolute Gasteiger partial charge is 0.0856 e. The Morgan fingerprint density at radius 3 is 2.94 bits per heavy atom. The maximum absolute atomic E-state index is 6.27. The van der Waals surface area contributed by atoms with E-state index >= 15 is 0 Å². The molecule has 96 valence electrons. The van der Waals surface area contributed by atoms with Crippen molar-refractivity contribution in [2.75, 3.05) is 13.2 Å². The van der Waals surface area contributed by atoms with Crippen LogP contribution in [0.5, 0.6) is 0 Å². The van der Waals surface area contributed by atoms with E-state index in [1.165, 1.54) is 17.7 Å². The second-order valence-electron chi connectivity index (χ2n) is 4.74. The lowest BCUT2D eigenvalue weighted by Crippen LogP contribution is -2.45. The quantitative estimate of drug-likeness (QED) is 0.895. The van der Waals surface area contributed by atoms with Crippen molar-refractivity contribution in [3.05, 3.63) is 21.3 Å². The van der Waals surface area contributed by atoms with Gasteiger partial charge in [0.25, 0.3) is 0 Å². The van der Waals surface area contributed by atoms with Gasteiger partial charge >= 0.3 is 0 Å². The van der Waals surface area contributed by atoms with Crippen molar-refractivity contribution in [3.63, 3.8) is 0 Å². The average molecular weight is 274 g/mol. The first kappa shape index (κ1) is 13.3. The molecule has 1 aromatic heterocycles. The van der Waals surface area contributed by atoms with E-state index in [9.17, 15) is 0 Å². The molecule has 1 aliphatic heterocycles. The van der Waals surface area contributed by atoms with Crippen LogP contribution in [0.4, 0.5) is 0 Å². The molecule has 0 aromatic carbocycles. The fourth-order valence-electron chi connectivity index (χ4n) is 2.48. The molecule has 0 radical (unpaired) electrons. The van der Waals surface area contributed by atoms with Crippen molar-refractivity contribution in [3.8, 4) is 0 Å². The summed E-state index contributed by atoms with van der Waals surface area (Å²) >= 11 is 7.98. The average Bonchev–Trinajstić information content (AvgIpc) is 2.73. The summed E-state index contributed by atoms with van der Waals surface area (Å²) in [5.41, 5.74) is -0.122. The van der Waals surface area contributed by atoms with Crippen LogP contribution in [0.2, 0.25) is 5.02 Å². The van der Waals surface area contributed by atoms with E-state index in [0.717, 1.165) is 24.6 Å². The number of rotatable bonds is 4. The second kappa shape index (κ2) is 5.70. The number of hydrogen-bond donors (Lipinski definition) is 1. The summed E-state index contributed by atoms with van der Waals surface area (Å²) in [5.74, 6) is 0. The van der Waals surface area contributed by atoms with Crippen molar-refractivity contribution in [1.29, 1.82) is 0 Å². The molecular weight excluding hydrogens is 254 g/mol. The Morgan fingerprint density at radius 2 is 2.41 bits per heavy atom. The highest BCUT2D eigenvalue weighted by Gasteiger charge is 2.38. The van der Waals surface area contributed by atoms with Crippen LogP contribution in [-0.2, 0) is 4.74 Å². The van der Waals surface area contributed by atoms with E-state index in [0.29, 0.717) is 0 Å². The minimum atomic E-state index is -0.122. The van der Waals surface area contributed by atoms with Gasteiger partial charge in [-0.1, -0.05) is 18.5 Å². The molecule has 2 rings (SSSR count). The van der Waals surface area contributed by atoms with E-state index in [1.807, 2.05) is 11.4 Å². The lowest BCUT2D eigenvalue weighted by molar-refractivity contribution is -0.0888. The molecule has 0 amide bonds. The minimum absolute atomic E-state index is 0.122. The number of ether oxygens (including phenoxy) is 1. The first-order valence-electron chi connectivity index (χ1n) is 6.27. The largest absolute Gasteiger partial charge is 0.373 e. The molecule has 2 nitrogen and oxygen atoms in total. The highest BCUT2D eigenvalue weighted by Crippen LogP contribution is 2.41. The van der Waals surface area contributed by atoms with E-state index in [2.05, 4.69) is 19.2 Å². The normalized spacial score (nSPS) is 27.0. The molecule has 2 atom stereocenters. The molecule has 1 aliphatic rings. The maximum Gasteiger partial charge on any atom is 0.0856 e. The molecule has 1 saturated heterocycles. The Morgan fingerprint density at radius 1 is 1.59 bits per heavy atom. The summed E-state index contributed by atoms with van der Waals surface area (Å²) in [5, 5.41) is 6.44. The number of likely N-dealkylation sites (N-methyl/N-ethyl adjacent to an activating group) is 1. The fraction of sp³-hybridized carbons (Fsp3) is 0.692. The van der Waals surface area contributed by atoms with Crippen molar-refractivity contribution in [1.82, 2.24) is 5.32 Å². The predicted octanol–water partition coefficient (Wildman–Crippen LogP) is 4.01. The van der Waals surface area contributed by atoms with E-state index < -0.39 is 0 Å². The molecular formula is C13H20ClNOS. The third-order valence-electron chi connectivity index (χ3n) is 3.43. The van der Waals surface area contributed by atoms with Gasteiger partial charge in [0.05, 0.1) is 16.7 Å². The van der Waals surface area contributed by atoms with Gasteiger partial charge < -0.3 is 10.1 Å². The Labute approximate surface area is 112 Å². The van der Waals surface area contributed by atoms with Gasteiger partial charge in [-0.05, 0) is 44.2 Å². The van der Waals surface area contributed by atoms with Crippen molar-refractivity contribution in [2.24, 2.45) is 0 Å². The molecule has 0 saturated carbocycles. The lowest BCUT2D eigenvalue weighted by Gasteiger charge is -2.40. The topological polar surface area (TPSA) is 21.3 Å². The van der Waals surface area contributed by atoms with Gasteiger partial charge in [-0.25, -0.2) is 0 Å². The summed E-state index contributed by atoms with van der Waals surface area (Å²) in [6.45, 7) is 6.12. The Bertz CT molecular complexity index is 360.